The second-order valence-electron chi connectivity index (χ2n) is 7.38. The lowest BCUT2D eigenvalue weighted by Crippen LogP contribution is -2.47. The van der Waals surface area contributed by atoms with Crippen LogP contribution in [0.4, 0.5) is 17.6 Å². The topological polar surface area (TPSA) is 97.5 Å². The van der Waals surface area contributed by atoms with E-state index in [0.717, 1.165) is 12.1 Å². The Morgan fingerprint density at radius 3 is 2.88 bits per heavy atom. The van der Waals surface area contributed by atoms with Gasteiger partial charge in [-0.05, 0) is 17.7 Å². The number of primary amides is 1. The first-order chi connectivity index (χ1) is 15.6. The van der Waals surface area contributed by atoms with E-state index in [1.165, 1.54) is 29.2 Å². The molecule has 1 aromatic heterocycles. The molecular weight excluding hydrogens is 484 g/mol. The number of ether oxygens (including phenoxy) is 1. The molecular formula is C20H22F4N4O3S2. The molecule has 13 heteroatoms. The molecule has 1 fully saturated rings. The molecule has 1 atom stereocenters. The van der Waals surface area contributed by atoms with E-state index in [9.17, 15) is 27.2 Å². The van der Waals surface area contributed by atoms with Crippen molar-refractivity contribution in [3.05, 3.63) is 46.2 Å². The van der Waals surface area contributed by atoms with Gasteiger partial charge in [0.05, 0.1) is 36.1 Å². The summed E-state index contributed by atoms with van der Waals surface area (Å²) in [5, 5.41) is 4.49. The number of amides is 2. The van der Waals surface area contributed by atoms with E-state index in [2.05, 4.69) is 10.3 Å². The van der Waals surface area contributed by atoms with E-state index in [1.807, 2.05) is 4.90 Å². The Morgan fingerprint density at radius 1 is 1.36 bits per heavy atom. The first-order valence-corrected chi connectivity index (χ1v) is 11.8. The van der Waals surface area contributed by atoms with Crippen LogP contribution in [0.1, 0.15) is 16.8 Å². The molecule has 1 aromatic carbocycles. The van der Waals surface area contributed by atoms with Gasteiger partial charge in [0.1, 0.15) is 5.82 Å². The number of nitrogens with zero attached hydrogens (tertiary/aromatic N) is 2. The molecule has 3 N–H and O–H groups in total. The number of alkyl halides is 3. The Labute approximate surface area is 195 Å². The van der Waals surface area contributed by atoms with E-state index < -0.39 is 23.5 Å². The number of aromatic nitrogens is 1. The summed E-state index contributed by atoms with van der Waals surface area (Å²) in [5.74, 6) is -1.86. The number of benzene rings is 1. The van der Waals surface area contributed by atoms with Gasteiger partial charge in [0, 0.05) is 31.6 Å². The summed E-state index contributed by atoms with van der Waals surface area (Å²) in [6, 6.07) is 2.99. The van der Waals surface area contributed by atoms with Crippen LogP contribution in [0, 0.1) is 5.82 Å². The van der Waals surface area contributed by atoms with Gasteiger partial charge in [-0.1, -0.05) is 17.8 Å². The Kier molecular flexibility index (Phi) is 8.68. The van der Waals surface area contributed by atoms with Crippen molar-refractivity contribution in [1.29, 1.82) is 0 Å². The number of halogens is 4. The van der Waals surface area contributed by atoms with E-state index >= 15 is 0 Å². The van der Waals surface area contributed by atoms with Crippen LogP contribution in [0.5, 0.6) is 0 Å². The molecule has 1 aliphatic heterocycles. The van der Waals surface area contributed by atoms with Crippen LogP contribution >= 0.6 is 23.1 Å². The van der Waals surface area contributed by atoms with Gasteiger partial charge in [0.15, 0.2) is 4.34 Å². The second kappa shape index (κ2) is 11.3. The lowest BCUT2D eigenvalue weighted by atomic mass is 10.1. The largest absolute Gasteiger partial charge is 0.419 e. The molecule has 0 spiro atoms. The maximum Gasteiger partial charge on any atom is 0.419 e. The maximum absolute atomic E-state index is 13.5. The zero-order valence-electron chi connectivity index (χ0n) is 17.4. The van der Waals surface area contributed by atoms with Crippen LogP contribution in [0.15, 0.2) is 27.9 Å². The molecule has 2 amide bonds. The zero-order valence-corrected chi connectivity index (χ0v) is 19.0. The number of nitrogens with one attached hydrogen (secondary N) is 1. The Morgan fingerprint density at radius 2 is 2.15 bits per heavy atom. The van der Waals surface area contributed by atoms with Gasteiger partial charge in [-0.3, -0.25) is 14.5 Å². The van der Waals surface area contributed by atoms with Crippen LogP contribution in [0.2, 0.25) is 0 Å². The van der Waals surface area contributed by atoms with Gasteiger partial charge < -0.3 is 15.8 Å². The third-order valence-corrected chi connectivity index (χ3v) is 6.77. The number of morpholine rings is 1. The minimum Gasteiger partial charge on any atom is -0.374 e. The SMILES string of the molecule is NC(=O)Cc1csc(SCC(=O)NCC2CN(Cc3ccc(F)c(C(F)(F)F)c3)CCO2)n1. The number of carbonyl (C=O) groups is 2. The van der Waals surface area contributed by atoms with Crippen LogP contribution in [-0.2, 0) is 33.5 Å². The van der Waals surface area contributed by atoms with Gasteiger partial charge in [-0.25, -0.2) is 9.37 Å². The standard InChI is InChI=1S/C20H22F4N4O3S2/c21-16-2-1-12(5-15(16)20(22,23)24)8-28-3-4-31-14(9-28)7-26-18(30)11-33-19-27-13(10-32-19)6-17(25)29/h1-2,5,10,14H,3-4,6-9,11H2,(H2,25,29)(H,26,30). The molecule has 33 heavy (non-hydrogen) atoms. The van der Waals surface area contributed by atoms with Crippen molar-refractivity contribution >= 4 is 34.9 Å². The molecule has 7 nitrogen and oxygen atoms in total. The van der Waals surface area contributed by atoms with Crippen LogP contribution in [0.3, 0.4) is 0 Å². The Bertz CT molecular complexity index is 986. The highest BCUT2D eigenvalue weighted by Gasteiger charge is 2.34. The summed E-state index contributed by atoms with van der Waals surface area (Å²) in [6.45, 7) is 1.75. The van der Waals surface area contributed by atoms with Crippen LogP contribution < -0.4 is 11.1 Å². The quantitative estimate of drug-likeness (QED) is 0.401. The van der Waals surface area contributed by atoms with Gasteiger partial charge in [-0.15, -0.1) is 11.3 Å². The minimum atomic E-state index is -4.75. The van der Waals surface area contributed by atoms with Gasteiger partial charge in [0.2, 0.25) is 11.8 Å². The van der Waals surface area contributed by atoms with Gasteiger partial charge >= 0.3 is 6.18 Å². The molecule has 1 saturated heterocycles. The van der Waals surface area contributed by atoms with E-state index in [0.29, 0.717) is 35.3 Å². The van der Waals surface area contributed by atoms with Crippen LogP contribution in [0.25, 0.3) is 0 Å². The molecule has 180 valence electrons. The van der Waals surface area contributed by atoms with Crippen molar-refractivity contribution in [2.24, 2.45) is 5.73 Å². The summed E-state index contributed by atoms with van der Waals surface area (Å²) < 4.78 is 58.6. The fourth-order valence-corrected chi connectivity index (χ4v) is 4.89. The van der Waals surface area contributed by atoms with Crippen molar-refractivity contribution < 1.29 is 31.9 Å². The number of hydrogen-bond donors (Lipinski definition) is 2. The smallest absolute Gasteiger partial charge is 0.374 e. The van der Waals surface area contributed by atoms with Crippen molar-refractivity contribution in [1.82, 2.24) is 15.2 Å². The van der Waals surface area contributed by atoms with E-state index in [4.69, 9.17) is 10.5 Å². The van der Waals surface area contributed by atoms with Crippen molar-refractivity contribution in [3.63, 3.8) is 0 Å². The minimum absolute atomic E-state index is 0.0498. The third kappa shape index (κ3) is 7.95. The number of rotatable bonds is 9. The summed E-state index contributed by atoms with van der Waals surface area (Å²) >= 11 is 2.56. The molecule has 0 bridgehead atoms. The molecule has 2 aromatic rings. The fourth-order valence-electron chi connectivity index (χ4n) is 3.21. The molecule has 1 aliphatic rings. The van der Waals surface area contributed by atoms with Crippen LogP contribution in [-0.4, -0.2) is 59.8 Å². The van der Waals surface area contributed by atoms with Crippen molar-refractivity contribution in [2.45, 2.75) is 29.6 Å². The highest BCUT2D eigenvalue weighted by molar-refractivity contribution is 8.01. The summed E-state index contributed by atoms with van der Waals surface area (Å²) in [7, 11) is 0. The average Bonchev–Trinajstić information content (AvgIpc) is 3.18. The number of thioether (sulfide) groups is 1. The fraction of sp³-hybridized carbons (Fsp3) is 0.450. The monoisotopic (exact) mass is 506 g/mol. The molecule has 2 heterocycles. The highest BCUT2D eigenvalue weighted by atomic mass is 32.2. The Balaban J connectivity index is 1.44. The second-order valence-corrected chi connectivity index (χ2v) is 9.46. The molecule has 3 rings (SSSR count). The lowest BCUT2D eigenvalue weighted by Gasteiger charge is -2.33. The summed E-state index contributed by atoms with van der Waals surface area (Å²) in [5.41, 5.74) is 4.76. The number of carbonyl (C=O) groups excluding carboxylic acids is 2. The maximum atomic E-state index is 13.5. The molecule has 0 saturated carbocycles. The summed E-state index contributed by atoms with van der Waals surface area (Å²) in [6.07, 6.45) is -5.02. The highest BCUT2D eigenvalue weighted by Crippen LogP contribution is 2.32. The number of hydrogen-bond acceptors (Lipinski definition) is 7. The average molecular weight is 507 g/mol. The van der Waals surface area contributed by atoms with E-state index in [1.54, 1.807) is 5.38 Å². The third-order valence-electron chi connectivity index (χ3n) is 4.70. The first kappa shape index (κ1) is 25.4. The normalized spacial score (nSPS) is 17.2. The molecule has 0 aliphatic carbocycles. The Hall–Kier alpha value is -2.22. The number of nitrogens with two attached hydrogens (primary N) is 1. The van der Waals surface area contributed by atoms with Crippen molar-refractivity contribution in [2.75, 3.05) is 32.0 Å². The predicted octanol–water partition coefficient (Wildman–Crippen LogP) is 2.44. The predicted molar refractivity (Wildman–Crippen MR) is 115 cm³/mol. The van der Waals surface area contributed by atoms with E-state index in [-0.39, 0.29) is 37.3 Å². The van der Waals surface area contributed by atoms with Gasteiger partial charge in [0.25, 0.3) is 0 Å². The molecule has 0 radical (unpaired) electrons. The summed E-state index contributed by atoms with van der Waals surface area (Å²) in [4.78, 5) is 29.2. The van der Waals surface area contributed by atoms with Gasteiger partial charge in [-0.2, -0.15) is 13.2 Å². The lowest BCUT2D eigenvalue weighted by molar-refractivity contribution is -0.140. The zero-order chi connectivity index (χ0) is 24.0. The molecule has 1 unspecified atom stereocenters. The van der Waals surface area contributed by atoms with Crippen molar-refractivity contribution in [3.8, 4) is 0 Å². The number of thiazole rings is 1. The first-order valence-electron chi connectivity index (χ1n) is 9.92.